The van der Waals surface area contributed by atoms with Crippen molar-refractivity contribution in [2.75, 3.05) is 33.3 Å². The Hall–Kier alpha value is -4.08. The standard InChI is InChI=1S/C31H32N4O2/c1-37-26-13-11-25(12-14-26)31-28(27-5-2-3-6-29(27)33-31)15-16-30(36)35-18-4-17-34(19-20-35)22-24-9-7-23(21-32)8-10-24/h2-3,5-14,33H,4,15-20,22H2,1H3. The Kier molecular flexibility index (Phi) is 7.53. The lowest BCUT2D eigenvalue weighted by atomic mass is 10.0. The number of aryl methyl sites for hydroxylation is 1. The molecule has 37 heavy (non-hydrogen) atoms. The maximum atomic E-state index is 13.3. The Balaban J connectivity index is 1.24. The van der Waals surface area contributed by atoms with Gasteiger partial charge in [-0.25, -0.2) is 0 Å². The Morgan fingerprint density at radius 1 is 0.973 bits per heavy atom. The number of ether oxygens (including phenoxy) is 1. The first-order valence-corrected chi connectivity index (χ1v) is 12.9. The topological polar surface area (TPSA) is 72.4 Å². The van der Waals surface area contributed by atoms with Crippen molar-refractivity contribution >= 4 is 16.8 Å². The minimum atomic E-state index is 0.214. The Morgan fingerprint density at radius 3 is 2.51 bits per heavy atom. The number of amides is 1. The molecule has 188 valence electrons. The second-order valence-electron chi connectivity index (χ2n) is 9.57. The summed E-state index contributed by atoms with van der Waals surface area (Å²) in [6.07, 6.45) is 2.14. The molecule has 0 atom stereocenters. The number of nitriles is 1. The zero-order chi connectivity index (χ0) is 25.6. The first kappa shape index (κ1) is 24.6. The fraction of sp³-hybridized carbons (Fsp3) is 0.290. The Labute approximate surface area is 218 Å². The SMILES string of the molecule is COc1ccc(-c2[nH]c3ccccc3c2CCC(=O)N2CCCN(Cc3ccc(C#N)cc3)CC2)cc1. The molecular weight excluding hydrogens is 460 g/mol. The molecule has 1 aromatic heterocycles. The zero-order valence-corrected chi connectivity index (χ0v) is 21.2. The van der Waals surface area contributed by atoms with Crippen LogP contribution in [-0.4, -0.2) is 54.0 Å². The molecule has 1 saturated heterocycles. The molecule has 3 aromatic carbocycles. The minimum absolute atomic E-state index is 0.214. The van der Waals surface area contributed by atoms with Crippen LogP contribution < -0.4 is 4.74 Å². The second kappa shape index (κ2) is 11.3. The van der Waals surface area contributed by atoms with E-state index in [1.807, 2.05) is 47.4 Å². The number of rotatable bonds is 7. The zero-order valence-electron chi connectivity index (χ0n) is 21.2. The number of aromatic nitrogens is 1. The summed E-state index contributed by atoms with van der Waals surface area (Å²) in [7, 11) is 1.67. The van der Waals surface area contributed by atoms with Crippen molar-refractivity contribution < 1.29 is 9.53 Å². The summed E-state index contributed by atoms with van der Waals surface area (Å²) >= 11 is 0. The third-order valence-corrected chi connectivity index (χ3v) is 7.21. The number of para-hydroxylation sites is 1. The molecule has 5 rings (SSSR count). The molecule has 0 radical (unpaired) electrons. The fourth-order valence-electron chi connectivity index (χ4n) is 5.18. The number of methoxy groups -OCH3 is 1. The first-order valence-electron chi connectivity index (χ1n) is 12.9. The summed E-state index contributed by atoms with van der Waals surface area (Å²) in [6.45, 7) is 4.20. The van der Waals surface area contributed by atoms with Crippen LogP contribution in [0.2, 0.25) is 0 Å². The number of carbonyl (C=O) groups excluding carboxylic acids is 1. The van der Waals surface area contributed by atoms with Crippen molar-refractivity contribution in [1.82, 2.24) is 14.8 Å². The lowest BCUT2D eigenvalue weighted by Gasteiger charge is -2.22. The van der Waals surface area contributed by atoms with Crippen LogP contribution in [0.1, 0.15) is 29.5 Å². The Bertz CT molecular complexity index is 1400. The van der Waals surface area contributed by atoms with Crippen LogP contribution in [0, 0.1) is 11.3 Å². The van der Waals surface area contributed by atoms with Crippen molar-refractivity contribution in [2.45, 2.75) is 25.8 Å². The molecule has 6 nitrogen and oxygen atoms in total. The van der Waals surface area contributed by atoms with E-state index in [1.54, 1.807) is 7.11 Å². The molecule has 1 aliphatic rings. The van der Waals surface area contributed by atoms with E-state index in [1.165, 1.54) is 16.5 Å². The highest BCUT2D eigenvalue weighted by Gasteiger charge is 2.21. The fourth-order valence-corrected chi connectivity index (χ4v) is 5.18. The molecule has 4 aromatic rings. The van der Waals surface area contributed by atoms with E-state index in [-0.39, 0.29) is 5.91 Å². The average molecular weight is 493 g/mol. The van der Waals surface area contributed by atoms with Gasteiger partial charge in [-0.05, 0) is 72.0 Å². The van der Waals surface area contributed by atoms with Gasteiger partial charge in [-0.1, -0.05) is 30.3 Å². The van der Waals surface area contributed by atoms with E-state index in [0.29, 0.717) is 18.4 Å². The maximum absolute atomic E-state index is 13.3. The number of H-pyrrole nitrogens is 1. The minimum Gasteiger partial charge on any atom is -0.497 e. The molecule has 1 fully saturated rings. The molecule has 0 spiro atoms. The van der Waals surface area contributed by atoms with Gasteiger partial charge in [0.25, 0.3) is 0 Å². The van der Waals surface area contributed by atoms with Crippen LogP contribution in [0.3, 0.4) is 0 Å². The van der Waals surface area contributed by atoms with Gasteiger partial charge in [0.05, 0.1) is 18.7 Å². The van der Waals surface area contributed by atoms with Crippen molar-refractivity contribution in [3.8, 4) is 23.1 Å². The van der Waals surface area contributed by atoms with E-state index >= 15 is 0 Å². The van der Waals surface area contributed by atoms with Crippen LogP contribution in [0.25, 0.3) is 22.2 Å². The van der Waals surface area contributed by atoms with Crippen LogP contribution in [0.5, 0.6) is 5.75 Å². The van der Waals surface area contributed by atoms with Crippen LogP contribution in [0.15, 0.2) is 72.8 Å². The summed E-state index contributed by atoms with van der Waals surface area (Å²) in [4.78, 5) is 21.3. The first-order chi connectivity index (χ1) is 18.1. The monoisotopic (exact) mass is 492 g/mol. The van der Waals surface area contributed by atoms with E-state index in [4.69, 9.17) is 10.00 Å². The van der Waals surface area contributed by atoms with Crippen molar-refractivity contribution in [1.29, 1.82) is 5.26 Å². The largest absolute Gasteiger partial charge is 0.497 e. The predicted octanol–water partition coefficient (Wildman–Crippen LogP) is 5.38. The molecule has 6 heteroatoms. The molecule has 2 heterocycles. The van der Waals surface area contributed by atoms with Gasteiger partial charge in [0.2, 0.25) is 5.91 Å². The van der Waals surface area contributed by atoms with E-state index < -0.39 is 0 Å². The molecule has 1 amide bonds. The van der Waals surface area contributed by atoms with Gasteiger partial charge in [-0.2, -0.15) is 5.26 Å². The van der Waals surface area contributed by atoms with Crippen molar-refractivity contribution in [2.24, 2.45) is 0 Å². The van der Waals surface area contributed by atoms with Gasteiger partial charge in [0.15, 0.2) is 0 Å². The molecule has 1 aliphatic heterocycles. The van der Waals surface area contributed by atoms with Gasteiger partial charge < -0.3 is 14.6 Å². The van der Waals surface area contributed by atoms with Gasteiger partial charge in [-0.15, -0.1) is 0 Å². The van der Waals surface area contributed by atoms with Crippen molar-refractivity contribution in [3.05, 3.63) is 89.5 Å². The van der Waals surface area contributed by atoms with E-state index in [0.717, 1.165) is 61.7 Å². The van der Waals surface area contributed by atoms with Crippen LogP contribution in [-0.2, 0) is 17.8 Å². The van der Waals surface area contributed by atoms with Crippen LogP contribution >= 0.6 is 0 Å². The number of carbonyl (C=O) groups is 1. The van der Waals surface area contributed by atoms with Gasteiger partial charge in [0, 0.05) is 55.7 Å². The van der Waals surface area contributed by atoms with Gasteiger partial charge >= 0.3 is 0 Å². The molecule has 1 N–H and O–H groups in total. The lowest BCUT2D eigenvalue weighted by molar-refractivity contribution is -0.131. The maximum Gasteiger partial charge on any atom is 0.222 e. The third kappa shape index (κ3) is 5.68. The average Bonchev–Trinajstić information content (AvgIpc) is 3.15. The summed E-state index contributed by atoms with van der Waals surface area (Å²) in [5, 5.41) is 10.2. The normalized spacial score (nSPS) is 14.3. The van der Waals surface area contributed by atoms with E-state index in [9.17, 15) is 4.79 Å². The summed E-state index contributed by atoms with van der Waals surface area (Å²) < 4.78 is 5.33. The molecule has 0 bridgehead atoms. The molecule has 0 aliphatic carbocycles. The summed E-state index contributed by atoms with van der Waals surface area (Å²) in [5.74, 6) is 1.04. The summed E-state index contributed by atoms with van der Waals surface area (Å²) in [5.41, 5.74) is 6.31. The number of benzene rings is 3. The highest BCUT2D eigenvalue weighted by atomic mass is 16.5. The highest BCUT2D eigenvalue weighted by Crippen LogP contribution is 2.32. The quantitative estimate of drug-likeness (QED) is 0.376. The summed E-state index contributed by atoms with van der Waals surface area (Å²) in [6, 6.07) is 26.3. The molecule has 0 saturated carbocycles. The Morgan fingerprint density at radius 2 is 1.76 bits per heavy atom. The molecular formula is C31H32N4O2. The smallest absolute Gasteiger partial charge is 0.222 e. The third-order valence-electron chi connectivity index (χ3n) is 7.21. The second-order valence-corrected chi connectivity index (χ2v) is 9.57. The number of hydrogen-bond acceptors (Lipinski definition) is 4. The van der Waals surface area contributed by atoms with Crippen LogP contribution in [0.4, 0.5) is 0 Å². The van der Waals surface area contributed by atoms with Gasteiger partial charge in [-0.3, -0.25) is 9.69 Å². The van der Waals surface area contributed by atoms with Crippen molar-refractivity contribution in [3.63, 3.8) is 0 Å². The number of nitrogens with zero attached hydrogens (tertiary/aromatic N) is 3. The predicted molar refractivity (Wildman–Crippen MR) is 146 cm³/mol. The van der Waals surface area contributed by atoms with E-state index in [2.05, 4.69) is 46.3 Å². The number of hydrogen-bond donors (Lipinski definition) is 1. The number of fused-ring (bicyclic) bond motifs is 1. The number of nitrogens with one attached hydrogen (secondary N) is 1. The van der Waals surface area contributed by atoms with Gasteiger partial charge in [0.1, 0.15) is 5.75 Å². The molecule has 0 unspecified atom stereocenters. The lowest BCUT2D eigenvalue weighted by Crippen LogP contribution is -2.35. The number of aromatic amines is 1. The highest BCUT2D eigenvalue weighted by molar-refractivity contribution is 5.91.